The molecule has 0 aliphatic carbocycles. The third kappa shape index (κ3) is 7.21. The molecule has 1 aromatic heterocycles. The van der Waals surface area contributed by atoms with Gasteiger partial charge in [-0.1, -0.05) is 11.6 Å². The van der Waals surface area contributed by atoms with Crippen molar-refractivity contribution >= 4 is 45.7 Å². The quantitative estimate of drug-likeness (QED) is 0.281. The van der Waals surface area contributed by atoms with Gasteiger partial charge in [-0.2, -0.15) is 0 Å². The second-order valence-electron chi connectivity index (χ2n) is 6.78. The molecule has 0 radical (unpaired) electrons. The smallest absolute Gasteiger partial charge is 0.261 e. The SMILES string of the molecule is Fc1cc(NCCCCNCC2CC(F)(F)CN2)c(Cl)cc1SNc1nccs1. The van der Waals surface area contributed by atoms with Gasteiger partial charge < -0.3 is 20.7 Å². The first-order chi connectivity index (χ1) is 13.9. The summed E-state index contributed by atoms with van der Waals surface area (Å²) < 4.78 is 43.4. The number of rotatable bonds is 11. The highest BCUT2D eigenvalue weighted by atomic mass is 35.5. The van der Waals surface area contributed by atoms with Crippen molar-refractivity contribution in [1.82, 2.24) is 15.6 Å². The van der Waals surface area contributed by atoms with E-state index in [0.29, 0.717) is 33.8 Å². The first-order valence-electron chi connectivity index (χ1n) is 9.30. The normalized spacial score (nSPS) is 18.1. The lowest BCUT2D eigenvalue weighted by Gasteiger charge is -2.13. The van der Waals surface area contributed by atoms with Gasteiger partial charge in [0.1, 0.15) is 5.82 Å². The molecule has 1 aliphatic rings. The number of thiazole rings is 1. The second kappa shape index (κ2) is 10.7. The van der Waals surface area contributed by atoms with E-state index in [0.717, 1.165) is 31.3 Å². The van der Waals surface area contributed by atoms with Crippen LogP contribution in [0.2, 0.25) is 5.02 Å². The van der Waals surface area contributed by atoms with Gasteiger partial charge in [0, 0.05) is 37.1 Å². The van der Waals surface area contributed by atoms with Gasteiger partial charge in [0.15, 0.2) is 5.13 Å². The van der Waals surface area contributed by atoms with Gasteiger partial charge in [0.05, 0.1) is 22.2 Å². The maximum Gasteiger partial charge on any atom is 0.261 e. The lowest BCUT2D eigenvalue weighted by molar-refractivity contribution is 0.0211. The zero-order valence-corrected chi connectivity index (χ0v) is 18.0. The molecule has 1 atom stereocenters. The number of unbranched alkanes of at least 4 members (excludes halogenated alkanes) is 1. The van der Waals surface area contributed by atoms with Crippen LogP contribution in [0.15, 0.2) is 28.6 Å². The number of hydrogen-bond acceptors (Lipinski definition) is 7. The lowest BCUT2D eigenvalue weighted by atomic mass is 10.2. The highest BCUT2D eigenvalue weighted by Gasteiger charge is 2.38. The monoisotopic (exact) mass is 465 g/mol. The highest BCUT2D eigenvalue weighted by molar-refractivity contribution is 8.00. The summed E-state index contributed by atoms with van der Waals surface area (Å²) in [5.74, 6) is -2.95. The number of benzene rings is 1. The number of nitrogens with one attached hydrogen (secondary N) is 4. The van der Waals surface area contributed by atoms with Gasteiger partial charge in [-0.15, -0.1) is 11.3 Å². The molecule has 4 N–H and O–H groups in total. The average molecular weight is 466 g/mol. The summed E-state index contributed by atoms with van der Waals surface area (Å²) in [5, 5.41) is 12.1. The van der Waals surface area contributed by atoms with E-state index in [1.807, 2.05) is 5.38 Å². The zero-order chi connectivity index (χ0) is 20.7. The molecule has 11 heteroatoms. The van der Waals surface area contributed by atoms with Crippen LogP contribution in [0.4, 0.5) is 24.0 Å². The molecular formula is C18H23ClF3N5S2. The summed E-state index contributed by atoms with van der Waals surface area (Å²) in [6, 6.07) is 2.79. The van der Waals surface area contributed by atoms with Crippen molar-refractivity contribution in [3.8, 4) is 0 Å². The van der Waals surface area contributed by atoms with Crippen LogP contribution in [0, 0.1) is 5.82 Å². The van der Waals surface area contributed by atoms with Gasteiger partial charge in [-0.25, -0.2) is 18.2 Å². The second-order valence-corrected chi connectivity index (χ2v) is 8.93. The maximum absolute atomic E-state index is 14.3. The Hall–Kier alpha value is -1.20. The molecule has 5 nitrogen and oxygen atoms in total. The van der Waals surface area contributed by atoms with E-state index in [2.05, 4.69) is 25.7 Å². The minimum atomic E-state index is -2.59. The van der Waals surface area contributed by atoms with E-state index in [-0.39, 0.29) is 24.8 Å². The fourth-order valence-corrected chi connectivity index (χ4v) is 4.50. The number of alkyl halides is 2. The van der Waals surface area contributed by atoms with Crippen molar-refractivity contribution in [2.24, 2.45) is 0 Å². The number of anilines is 2. The molecule has 2 heterocycles. The van der Waals surface area contributed by atoms with Gasteiger partial charge >= 0.3 is 0 Å². The van der Waals surface area contributed by atoms with Gasteiger partial charge in [-0.3, -0.25) is 0 Å². The van der Waals surface area contributed by atoms with Crippen molar-refractivity contribution in [3.63, 3.8) is 0 Å². The Morgan fingerprint density at radius 2 is 2.14 bits per heavy atom. The summed E-state index contributed by atoms with van der Waals surface area (Å²) in [5.41, 5.74) is 0.549. The van der Waals surface area contributed by atoms with Gasteiger partial charge in [0.2, 0.25) is 0 Å². The van der Waals surface area contributed by atoms with Crippen LogP contribution >= 0.6 is 34.9 Å². The largest absolute Gasteiger partial charge is 0.384 e. The van der Waals surface area contributed by atoms with E-state index >= 15 is 0 Å². The van der Waals surface area contributed by atoms with Crippen LogP contribution in [0.1, 0.15) is 19.3 Å². The molecule has 160 valence electrons. The minimum absolute atomic E-state index is 0.112. The van der Waals surface area contributed by atoms with Crippen LogP contribution in [-0.4, -0.2) is 43.1 Å². The number of nitrogens with zero attached hydrogens (tertiary/aromatic N) is 1. The molecule has 0 spiro atoms. The van der Waals surface area contributed by atoms with E-state index in [1.54, 1.807) is 12.3 Å². The predicted molar refractivity (Wildman–Crippen MR) is 115 cm³/mol. The summed E-state index contributed by atoms with van der Waals surface area (Å²) in [4.78, 5) is 4.47. The van der Waals surface area contributed by atoms with Crippen molar-refractivity contribution in [2.75, 3.05) is 36.2 Å². The molecule has 0 saturated carbocycles. The molecule has 1 aromatic carbocycles. The van der Waals surface area contributed by atoms with Crippen LogP contribution in [0.3, 0.4) is 0 Å². The average Bonchev–Trinajstić information content (AvgIpc) is 3.31. The summed E-state index contributed by atoms with van der Waals surface area (Å²) in [6.07, 6.45) is 3.28. The first-order valence-corrected chi connectivity index (χ1v) is 11.4. The summed E-state index contributed by atoms with van der Waals surface area (Å²) in [6.45, 7) is 1.68. The first kappa shape index (κ1) is 22.5. The van der Waals surface area contributed by atoms with Crippen LogP contribution < -0.4 is 20.7 Å². The predicted octanol–water partition coefficient (Wildman–Crippen LogP) is 4.83. The Morgan fingerprint density at radius 1 is 1.31 bits per heavy atom. The third-order valence-electron chi connectivity index (χ3n) is 4.38. The topological polar surface area (TPSA) is 61.0 Å². The van der Waals surface area contributed by atoms with Crippen molar-refractivity contribution in [3.05, 3.63) is 34.5 Å². The van der Waals surface area contributed by atoms with Crippen LogP contribution in [-0.2, 0) is 0 Å². The maximum atomic E-state index is 14.3. The Bertz CT molecular complexity index is 779. The Balaban J connectivity index is 1.32. The summed E-state index contributed by atoms with van der Waals surface area (Å²) in [7, 11) is 0. The van der Waals surface area contributed by atoms with Crippen molar-refractivity contribution in [2.45, 2.75) is 36.1 Å². The molecule has 2 aromatic rings. The van der Waals surface area contributed by atoms with E-state index in [4.69, 9.17) is 11.6 Å². The van der Waals surface area contributed by atoms with E-state index in [9.17, 15) is 13.2 Å². The van der Waals surface area contributed by atoms with E-state index in [1.165, 1.54) is 17.4 Å². The molecule has 1 aliphatic heterocycles. The van der Waals surface area contributed by atoms with Crippen LogP contribution in [0.25, 0.3) is 0 Å². The molecule has 0 bridgehead atoms. The Labute approximate surface area is 181 Å². The van der Waals surface area contributed by atoms with Crippen molar-refractivity contribution < 1.29 is 13.2 Å². The number of hydrogen-bond donors (Lipinski definition) is 4. The van der Waals surface area contributed by atoms with Crippen molar-refractivity contribution in [1.29, 1.82) is 0 Å². The third-order valence-corrected chi connectivity index (χ3v) is 6.34. The standard InChI is InChI=1S/C18H23ClF3N5S2/c19-13-7-16(29-27-17-25-5-6-28-17)14(20)8-15(13)24-4-2-1-3-23-10-12-9-18(21,22)11-26-12/h5-8,12,23-24,26H,1-4,9-11H2,(H,25,27). The molecular weight excluding hydrogens is 443 g/mol. The molecule has 1 saturated heterocycles. The highest BCUT2D eigenvalue weighted by Crippen LogP contribution is 2.32. The van der Waals surface area contributed by atoms with Gasteiger partial charge in [0.25, 0.3) is 5.92 Å². The molecule has 1 unspecified atom stereocenters. The van der Waals surface area contributed by atoms with Crippen LogP contribution in [0.5, 0.6) is 0 Å². The number of aromatic nitrogens is 1. The molecule has 0 amide bonds. The summed E-state index contributed by atoms with van der Waals surface area (Å²) >= 11 is 8.81. The number of halogens is 4. The minimum Gasteiger partial charge on any atom is -0.384 e. The Kier molecular flexibility index (Phi) is 8.31. The fraction of sp³-hybridized carbons (Fsp3) is 0.500. The zero-order valence-electron chi connectivity index (χ0n) is 15.6. The molecule has 3 rings (SSSR count). The lowest BCUT2D eigenvalue weighted by Crippen LogP contribution is -2.34. The fourth-order valence-electron chi connectivity index (χ4n) is 2.93. The molecule has 29 heavy (non-hydrogen) atoms. The molecule has 1 fully saturated rings. The Morgan fingerprint density at radius 3 is 2.86 bits per heavy atom. The van der Waals surface area contributed by atoms with Gasteiger partial charge in [-0.05, 0) is 43.5 Å². The van der Waals surface area contributed by atoms with E-state index < -0.39 is 5.92 Å².